The molecule has 0 saturated heterocycles. The number of ether oxygens (including phenoxy) is 1. The van der Waals surface area contributed by atoms with Crippen molar-refractivity contribution >= 4 is 23.5 Å². The van der Waals surface area contributed by atoms with Gasteiger partial charge in [0, 0.05) is 11.8 Å². The average molecular weight is 334 g/mol. The number of hydrogen-bond acceptors (Lipinski definition) is 7. The first-order valence-corrected chi connectivity index (χ1v) is 8.63. The van der Waals surface area contributed by atoms with Crippen molar-refractivity contribution in [2.75, 3.05) is 12.1 Å². The van der Waals surface area contributed by atoms with Crippen LogP contribution in [0.1, 0.15) is 23.7 Å². The van der Waals surface area contributed by atoms with E-state index in [1.165, 1.54) is 0 Å². The van der Waals surface area contributed by atoms with Crippen molar-refractivity contribution < 1.29 is 9.84 Å². The summed E-state index contributed by atoms with van der Waals surface area (Å²) in [6.45, 7) is 2.07. The highest BCUT2D eigenvalue weighted by atomic mass is 32.2. The summed E-state index contributed by atoms with van der Waals surface area (Å²) >= 11 is 3.36. The fraction of sp³-hybridized carbons (Fsp3) is 0.286. The largest absolute Gasteiger partial charge is 0.504 e. The number of hydrogen-bond donors (Lipinski definition) is 1. The normalized spacial score (nSPS) is 19.1. The molecule has 0 bridgehead atoms. The van der Waals surface area contributed by atoms with E-state index in [0.29, 0.717) is 5.75 Å². The number of aromatic hydroxyl groups is 1. The van der Waals surface area contributed by atoms with Crippen LogP contribution in [-0.2, 0) is 6.42 Å². The number of rotatable bonds is 3. The highest BCUT2D eigenvalue weighted by molar-refractivity contribution is 8.07. The summed E-state index contributed by atoms with van der Waals surface area (Å²) in [5.41, 5.74) is 1.06. The quantitative estimate of drug-likeness (QED) is 0.926. The third kappa shape index (κ3) is 1.90. The summed E-state index contributed by atoms with van der Waals surface area (Å²) in [5.74, 6) is 1.58. The number of phenolic OH excluding ortho intramolecular Hbond substituents is 1. The number of aromatic nitrogens is 3. The average Bonchev–Trinajstić information content (AvgIpc) is 3.18. The van der Waals surface area contributed by atoms with Gasteiger partial charge in [-0.25, -0.2) is 4.68 Å². The van der Waals surface area contributed by atoms with E-state index in [1.807, 2.05) is 12.1 Å². The minimum absolute atomic E-state index is 0.0829. The Morgan fingerprint density at radius 3 is 3.00 bits per heavy atom. The van der Waals surface area contributed by atoms with Crippen LogP contribution in [0.5, 0.6) is 11.5 Å². The molecular formula is C14H14N4O2S2. The Labute approximate surface area is 136 Å². The zero-order chi connectivity index (χ0) is 15.3. The van der Waals surface area contributed by atoms with Crippen molar-refractivity contribution in [3.05, 3.63) is 40.0 Å². The second kappa shape index (κ2) is 5.13. The molecule has 1 N–H and O–H groups in total. The lowest BCUT2D eigenvalue weighted by atomic mass is 10.2. The fourth-order valence-corrected chi connectivity index (χ4v) is 4.82. The van der Waals surface area contributed by atoms with Gasteiger partial charge in [-0.05, 0) is 29.5 Å². The zero-order valence-corrected chi connectivity index (χ0v) is 13.7. The Morgan fingerprint density at radius 1 is 1.36 bits per heavy atom. The Balaban J connectivity index is 1.76. The molecule has 22 heavy (non-hydrogen) atoms. The van der Waals surface area contributed by atoms with Gasteiger partial charge in [-0.15, -0.1) is 10.2 Å². The van der Waals surface area contributed by atoms with E-state index in [1.54, 1.807) is 36.7 Å². The molecule has 1 aromatic carbocycles. The minimum atomic E-state index is 0.0829. The van der Waals surface area contributed by atoms with Gasteiger partial charge >= 0.3 is 0 Å². The highest BCUT2D eigenvalue weighted by Gasteiger charge is 2.39. The number of thioether (sulfide) groups is 2. The molecule has 4 rings (SSSR count). The lowest BCUT2D eigenvalue weighted by Crippen LogP contribution is -2.30. The molecule has 114 valence electrons. The van der Waals surface area contributed by atoms with Gasteiger partial charge in [0.15, 0.2) is 17.3 Å². The molecule has 3 heterocycles. The number of fused-ring (bicyclic) bond motifs is 3. The Bertz CT molecular complexity index is 774. The molecule has 1 aromatic heterocycles. The molecule has 1 atom stereocenters. The molecule has 1 unspecified atom stereocenters. The highest BCUT2D eigenvalue weighted by Crippen LogP contribution is 2.51. The Morgan fingerprint density at radius 2 is 2.23 bits per heavy atom. The number of aryl methyl sites for hydroxylation is 1. The van der Waals surface area contributed by atoms with E-state index < -0.39 is 0 Å². The number of nitrogens with zero attached hydrogens (tertiary/aromatic N) is 4. The second-order valence-electron chi connectivity index (χ2n) is 4.89. The van der Waals surface area contributed by atoms with Gasteiger partial charge in [0.05, 0.1) is 7.11 Å². The predicted molar refractivity (Wildman–Crippen MR) is 86.5 cm³/mol. The lowest BCUT2D eigenvalue weighted by Gasteiger charge is -2.26. The molecule has 0 radical (unpaired) electrons. The Hall–Kier alpha value is -1.80. The number of benzene rings is 1. The molecule has 2 aliphatic heterocycles. The molecule has 0 spiro atoms. The van der Waals surface area contributed by atoms with Crippen LogP contribution in [0.15, 0.2) is 33.8 Å². The maximum Gasteiger partial charge on any atom is 0.216 e. The summed E-state index contributed by atoms with van der Waals surface area (Å²) in [5, 5.41) is 24.8. The summed E-state index contributed by atoms with van der Waals surface area (Å²) in [4.78, 5) is 0. The van der Waals surface area contributed by atoms with E-state index in [2.05, 4.69) is 32.2 Å². The minimum Gasteiger partial charge on any atom is -0.504 e. The summed E-state index contributed by atoms with van der Waals surface area (Å²) in [7, 11) is 1.56. The van der Waals surface area contributed by atoms with Crippen LogP contribution in [0.3, 0.4) is 0 Å². The van der Waals surface area contributed by atoms with Crippen LogP contribution in [0, 0.1) is 0 Å². The maximum absolute atomic E-state index is 9.78. The zero-order valence-electron chi connectivity index (χ0n) is 12.1. The predicted octanol–water partition coefficient (Wildman–Crippen LogP) is 2.84. The number of phenols is 1. The van der Waals surface area contributed by atoms with Crippen molar-refractivity contribution in [3.8, 4) is 11.5 Å². The first kappa shape index (κ1) is 13.8. The monoisotopic (exact) mass is 334 g/mol. The SMILES string of the molecule is CCc1nnc2n1N1C(=CSC1c1ccc(O)c(OC)c1)S2. The summed E-state index contributed by atoms with van der Waals surface area (Å²) < 4.78 is 7.31. The van der Waals surface area contributed by atoms with Gasteiger partial charge < -0.3 is 9.84 Å². The fourth-order valence-electron chi connectivity index (χ4n) is 2.58. The van der Waals surface area contributed by atoms with Crippen molar-refractivity contribution in [3.63, 3.8) is 0 Å². The van der Waals surface area contributed by atoms with Gasteiger partial charge in [-0.2, -0.15) is 0 Å². The smallest absolute Gasteiger partial charge is 0.216 e. The van der Waals surface area contributed by atoms with Crippen LogP contribution >= 0.6 is 23.5 Å². The van der Waals surface area contributed by atoms with Gasteiger partial charge in [0.2, 0.25) is 5.16 Å². The molecule has 6 nitrogen and oxygen atoms in total. The van der Waals surface area contributed by atoms with Crippen molar-refractivity contribution in [1.82, 2.24) is 14.9 Å². The van der Waals surface area contributed by atoms with E-state index in [4.69, 9.17) is 4.74 Å². The van der Waals surface area contributed by atoms with Crippen LogP contribution < -0.4 is 9.75 Å². The standard InChI is InChI=1S/C14H14N4O2S2/c1-3-11-15-16-14-17(11)18-12(22-14)7-21-13(18)8-4-5-9(19)10(6-8)20-2/h4-7,13,19H,3H2,1-2H3. The molecule has 8 heteroatoms. The molecule has 0 aliphatic carbocycles. The molecule has 0 saturated carbocycles. The van der Waals surface area contributed by atoms with Gasteiger partial charge in [0.1, 0.15) is 10.4 Å². The van der Waals surface area contributed by atoms with E-state index in [9.17, 15) is 5.11 Å². The van der Waals surface area contributed by atoms with E-state index in [-0.39, 0.29) is 11.1 Å². The number of methoxy groups -OCH3 is 1. The molecular weight excluding hydrogens is 320 g/mol. The van der Waals surface area contributed by atoms with Crippen LogP contribution in [-0.4, -0.2) is 27.1 Å². The lowest BCUT2D eigenvalue weighted by molar-refractivity contribution is 0.373. The second-order valence-corrected chi connectivity index (χ2v) is 6.83. The van der Waals surface area contributed by atoms with Gasteiger partial charge in [-0.3, -0.25) is 5.01 Å². The van der Waals surface area contributed by atoms with Crippen molar-refractivity contribution in [2.45, 2.75) is 23.9 Å². The Kier molecular flexibility index (Phi) is 3.23. The van der Waals surface area contributed by atoms with Crippen molar-refractivity contribution in [2.24, 2.45) is 0 Å². The third-order valence-corrected chi connectivity index (χ3v) is 5.83. The maximum atomic E-state index is 9.78. The van der Waals surface area contributed by atoms with E-state index >= 15 is 0 Å². The molecule has 0 fully saturated rings. The molecule has 2 aromatic rings. The third-order valence-electron chi connectivity index (χ3n) is 3.64. The molecule has 0 amide bonds. The first-order valence-electron chi connectivity index (χ1n) is 6.87. The van der Waals surface area contributed by atoms with Gasteiger partial charge in [0.25, 0.3) is 0 Å². The van der Waals surface area contributed by atoms with Crippen LogP contribution in [0.4, 0.5) is 0 Å². The summed E-state index contributed by atoms with van der Waals surface area (Å²) in [6, 6.07) is 5.47. The summed E-state index contributed by atoms with van der Waals surface area (Å²) in [6.07, 6.45) is 0.827. The van der Waals surface area contributed by atoms with Crippen LogP contribution in [0.2, 0.25) is 0 Å². The topological polar surface area (TPSA) is 63.4 Å². The van der Waals surface area contributed by atoms with Crippen LogP contribution in [0.25, 0.3) is 0 Å². The molecule has 2 aliphatic rings. The van der Waals surface area contributed by atoms with E-state index in [0.717, 1.165) is 28.0 Å². The van der Waals surface area contributed by atoms with Crippen molar-refractivity contribution in [1.29, 1.82) is 0 Å². The van der Waals surface area contributed by atoms with Gasteiger partial charge in [-0.1, -0.05) is 24.8 Å². The first-order chi connectivity index (χ1) is 10.7.